The van der Waals surface area contributed by atoms with Crippen LogP contribution in [-0.2, 0) is 6.42 Å². The number of hydrogen-bond acceptors (Lipinski definition) is 0. The largest absolute Gasteiger partial charge is 0.0995 e. The molecule has 0 saturated heterocycles. The maximum absolute atomic E-state index is 4.08. The summed E-state index contributed by atoms with van der Waals surface area (Å²) < 4.78 is 0. The molecule has 0 radical (unpaired) electrons. The Balaban J connectivity index is 2.46. The molecule has 0 fully saturated rings. The zero-order valence-electron chi connectivity index (χ0n) is 9.16. The first kappa shape index (κ1) is 9.97. The molecular weight excluding hydrogens is 180 g/mol. The lowest BCUT2D eigenvalue weighted by atomic mass is 9.98. The Morgan fingerprint density at radius 1 is 1.07 bits per heavy atom. The highest BCUT2D eigenvalue weighted by atomic mass is 14.1. The van der Waals surface area contributed by atoms with E-state index in [1.807, 2.05) is 0 Å². The molecule has 15 heavy (non-hydrogen) atoms. The summed E-state index contributed by atoms with van der Waals surface area (Å²) >= 11 is 0. The zero-order chi connectivity index (χ0) is 10.7. The fourth-order valence-corrected chi connectivity index (χ4v) is 1.84. The van der Waals surface area contributed by atoms with Crippen LogP contribution in [0.25, 0.3) is 10.8 Å². The van der Waals surface area contributed by atoms with Crippen LogP contribution >= 0.6 is 0 Å². The smallest absolute Gasteiger partial charge is 0.00638 e. The van der Waals surface area contributed by atoms with E-state index in [2.05, 4.69) is 56.0 Å². The fraction of sp³-hybridized carbons (Fsp3) is 0.200. The second-order valence-electron chi connectivity index (χ2n) is 3.92. The first-order chi connectivity index (χ1) is 7.31. The Kier molecular flexibility index (Phi) is 2.86. The number of rotatable bonds is 3. The molecule has 0 bridgehead atoms. The Bertz CT molecular complexity index is 475. The quantitative estimate of drug-likeness (QED) is 0.640. The number of hydrogen-bond donors (Lipinski definition) is 0. The van der Waals surface area contributed by atoms with Crippen LogP contribution in [0, 0.1) is 0 Å². The minimum atomic E-state index is 0.998. The molecule has 0 heteroatoms. The van der Waals surface area contributed by atoms with Crippen LogP contribution in [0.2, 0.25) is 0 Å². The minimum absolute atomic E-state index is 0.998. The van der Waals surface area contributed by atoms with Gasteiger partial charge in [-0.2, -0.15) is 0 Å². The van der Waals surface area contributed by atoms with E-state index in [-0.39, 0.29) is 0 Å². The van der Waals surface area contributed by atoms with Crippen molar-refractivity contribution in [1.82, 2.24) is 0 Å². The van der Waals surface area contributed by atoms with Gasteiger partial charge in [-0.1, -0.05) is 61.5 Å². The highest BCUT2D eigenvalue weighted by Crippen LogP contribution is 2.21. The molecule has 0 nitrogen and oxygen atoms in total. The van der Waals surface area contributed by atoms with Gasteiger partial charge in [0.15, 0.2) is 0 Å². The van der Waals surface area contributed by atoms with Crippen LogP contribution < -0.4 is 0 Å². The second kappa shape index (κ2) is 4.31. The molecule has 0 amide bonds. The summed E-state index contributed by atoms with van der Waals surface area (Å²) in [7, 11) is 0. The van der Waals surface area contributed by atoms with Gasteiger partial charge in [-0.3, -0.25) is 0 Å². The summed E-state index contributed by atoms with van der Waals surface area (Å²) in [6.07, 6.45) is 2.06. The summed E-state index contributed by atoms with van der Waals surface area (Å²) in [6, 6.07) is 15.0. The highest BCUT2D eigenvalue weighted by Gasteiger charge is 2.00. The molecule has 0 aliphatic rings. The van der Waals surface area contributed by atoms with Gasteiger partial charge in [0.1, 0.15) is 0 Å². The molecule has 0 spiro atoms. The number of fused-ring (bicyclic) bond motifs is 1. The van der Waals surface area contributed by atoms with Crippen LogP contribution in [0.4, 0.5) is 0 Å². The Morgan fingerprint density at radius 2 is 1.80 bits per heavy atom. The molecule has 0 saturated carbocycles. The maximum atomic E-state index is 4.08. The van der Waals surface area contributed by atoms with Crippen LogP contribution in [0.3, 0.4) is 0 Å². The van der Waals surface area contributed by atoms with E-state index >= 15 is 0 Å². The zero-order valence-corrected chi connectivity index (χ0v) is 9.16. The van der Waals surface area contributed by atoms with Crippen molar-refractivity contribution >= 4 is 10.8 Å². The van der Waals surface area contributed by atoms with E-state index in [0.717, 1.165) is 12.8 Å². The minimum Gasteiger partial charge on any atom is -0.0995 e. The van der Waals surface area contributed by atoms with E-state index in [0.29, 0.717) is 0 Å². The molecule has 0 atom stereocenters. The van der Waals surface area contributed by atoms with Gasteiger partial charge in [0.05, 0.1) is 0 Å². The molecule has 76 valence electrons. The Labute approximate surface area is 91.2 Å². The third kappa shape index (κ3) is 2.10. The number of benzene rings is 2. The molecule has 2 rings (SSSR count). The standard InChI is InChI=1S/C15H16/c1-3-12(2)11-14-9-6-8-13-7-4-5-10-15(13)14/h4-10H,2-3,11H2,1H3. The van der Waals surface area contributed by atoms with Crippen molar-refractivity contribution in [3.8, 4) is 0 Å². The number of allylic oxidation sites excluding steroid dienone is 1. The van der Waals surface area contributed by atoms with E-state index in [4.69, 9.17) is 0 Å². The summed E-state index contributed by atoms with van der Waals surface area (Å²) in [5.74, 6) is 0. The Morgan fingerprint density at radius 3 is 2.60 bits per heavy atom. The van der Waals surface area contributed by atoms with Crippen molar-refractivity contribution in [1.29, 1.82) is 0 Å². The molecule has 0 unspecified atom stereocenters. The molecule has 0 aromatic heterocycles. The lowest BCUT2D eigenvalue weighted by Crippen LogP contribution is -1.89. The van der Waals surface area contributed by atoms with Crippen LogP contribution in [0.5, 0.6) is 0 Å². The molecular formula is C15H16. The van der Waals surface area contributed by atoms with Gasteiger partial charge in [-0.15, -0.1) is 0 Å². The first-order valence-corrected chi connectivity index (χ1v) is 5.44. The van der Waals surface area contributed by atoms with Gasteiger partial charge in [-0.05, 0) is 29.2 Å². The monoisotopic (exact) mass is 196 g/mol. The molecule has 0 N–H and O–H groups in total. The third-order valence-electron chi connectivity index (χ3n) is 2.82. The van der Waals surface area contributed by atoms with Crippen molar-refractivity contribution in [3.63, 3.8) is 0 Å². The SMILES string of the molecule is C=C(CC)Cc1cccc2ccccc12. The van der Waals surface area contributed by atoms with E-state index < -0.39 is 0 Å². The third-order valence-corrected chi connectivity index (χ3v) is 2.82. The maximum Gasteiger partial charge on any atom is -0.00638 e. The average molecular weight is 196 g/mol. The van der Waals surface area contributed by atoms with Crippen LogP contribution in [-0.4, -0.2) is 0 Å². The van der Waals surface area contributed by atoms with Gasteiger partial charge >= 0.3 is 0 Å². The topological polar surface area (TPSA) is 0 Å². The predicted octanol–water partition coefficient (Wildman–Crippen LogP) is 4.35. The van der Waals surface area contributed by atoms with Crippen molar-refractivity contribution in [2.45, 2.75) is 19.8 Å². The van der Waals surface area contributed by atoms with Crippen molar-refractivity contribution < 1.29 is 0 Å². The molecule has 2 aromatic carbocycles. The van der Waals surface area contributed by atoms with Gasteiger partial charge in [-0.25, -0.2) is 0 Å². The lowest BCUT2D eigenvalue weighted by molar-refractivity contribution is 1.02. The highest BCUT2D eigenvalue weighted by molar-refractivity contribution is 5.85. The van der Waals surface area contributed by atoms with Crippen LogP contribution in [0.15, 0.2) is 54.6 Å². The predicted molar refractivity (Wildman–Crippen MR) is 67.1 cm³/mol. The van der Waals surface area contributed by atoms with Crippen molar-refractivity contribution in [2.75, 3.05) is 0 Å². The van der Waals surface area contributed by atoms with Gasteiger partial charge in [0, 0.05) is 0 Å². The second-order valence-corrected chi connectivity index (χ2v) is 3.92. The summed E-state index contributed by atoms with van der Waals surface area (Å²) in [6.45, 7) is 6.24. The normalized spacial score (nSPS) is 10.5. The van der Waals surface area contributed by atoms with Gasteiger partial charge in [0.25, 0.3) is 0 Å². The first-order valence-electron chi connectivity index (χ1n) is 5.44. The molecule has 2 aromatic rings. The summed E-state index contributed by atoms with van der Waals surface area (Å²) in [4.78, 5) is 0. The van der Waals surface area contributed by atoms with E-state index in [1.54, 1.807) is 0 Å². The van der Waals surface area contributed by atoms with Crippen LogP contribution in [0.1, 0.15) is 18.9 Å². The van der Waals surface area contributed by atoms with Crippen molar-refractivity contribution in [3.05, 3.63) is 60.2 Å². The fourth-order valence-electron chi connectivity index (χ4n) is 1.84. The molecule has 0 aliphatic carbocycles. The Hall–Kier alpha value is -1.56. The summed E-state index contributed by atoms with van der Waals surface area (Å²) in [5, 5.41) is 2.67. The average Bonchev–Trinajstić information content (AvgIpc) is 2.29. The molecule has 0 aliphatic heterocycles. The van der Waals surface area contributed by atoms with Crippen molar-refractivity contribution in [2.24, 2.45) is 0 Å². The van der Waals surface area contributed by atoms with Gasteiger partial charge in [0.2, 0.25) is 0 Å². The summed E-state index contributed by atoms with van der Waals surface area (Å²) in [5.41, 5.74) is 2.69. The van der Waals surface area contributed by atoms with E-state index in [9.17, 15) is 0 Å². The molecule has 0 heterocycles. The van der Waals surface area contributed by atoms with E-state index in [1.165, 1.54) is 21.9 Å². The lowest BCUT2D eigenvalue weighted by Gasteiger charge is -2.07. The van der Waals surface area contributed by atoms with Gasteiger partial charge < -0.3 is 0 Å².